The Balaban J connectivity index is 2.31. The van der Waals surface area contributed by atoms with Gasteiger partial charge in [-0.25, -0.2) is 4.79 Å². The number of nitrogens with two attached hydrogens (primary N) is 1. The molecule has 2 atom stereocenters. The molecule has 0 heterocycles. The van der Waals surface area contributed by atoms with E-state index < -0.39 is 11.7 Å². The predicted octanol–water partition coefficient (Wildman–Crippen LogP) is 2.34. The molecular formula is C16H23NO3. The molecule has 4 nitrogen and oxygen atoms in total. The molecule has 0 amide bonds. The van der Waals surface area contributed by atoms with E-state index in [0.717, 1.165) is 30.4 Å². The van der Waals surface area contributed by atoms with Gasteiger partial charge in [-0.05, 0) is 63.3 Å². The average Bonchev–Trinajstić information content (AvgIpc) is 2.48. The Bertz CT molecular complexity index is 505. The number of hydrogen-bond acceptors (Lipinski definition) is 4. The molecule has 1 aromatic rings. The summed E-state index contributed by atoms with van der Waals surface area (Å²) in [5.41, 5.74) is 7.72. The maximum Gasteiger partial charge on any atom is 0.338 e. The summed E-state index contributed by atoms with van der Waals surface area (Å²) >= 11 is 0. The summed E-state index contributed by atoms with van der Waals surface area (Å²) in [6.45, 7) is 5.50. The SMILES string of the molecule is CC(C)(C)OC(=O)c1ccc2c(c1)C(O)C(N)CCC2. The highest BCUT2D eigenvalue weighted by Crippen LogP contribution is 2.29. The van der Waals surface area contributed by atoms with Gasteiger partial charge in [0.2, 0.25) is 0 Å². The van der Waals surface area contributed by atoms with Crippen LogP contribution < -0.4 is 5.73 Å². The van der Waals surface area contributed by atoms with E-state index in [-0.39, 0.29) is 12.0 Å². The van der Waals surface area contributed by atoms with Gasteiger partial charge >= 0.3 is 5.97 Å². The maximum absolute atomic E-state index is 12.1. The van der Waals surface area contributed by atoms with Crippen molar-refractivity contribution in [3.05, 3.63) is 34.9 Å². The topological polar surface area (TPSA) is 72.5 Å². The molecule has 0 aliphatic heterocycles. The fourth-order valence-electron chi connectivity index (χ4n) is 2.48. The second-order valence-electron chi connectivity index (χ2n) is 6.42. The van der Waals surface area contributed by atoms with Gasteiger partial charge in [0.25, 0.3) is 0 Å². The first-order chi connectivity index (χ1) is 9.28. The molecule has 0 saturated heterocycles. The molecule has 0 radical (unpaired) electrons. The van der Waals surface area contributed by atoms with Crippen molar-refractivity contribution in [2.45, 2.75) is 57.8 Å². The monoisotopic (exact) mass is 277 g/mol. The van der Waals surface area contributed by atoms with Gasteiger partial charge in [0, 0.05) is 6.04 Å². The Labute approximate surface area is 119 Å². The number of rotatable bonds is 1. The van der Waals surface area contributed by atoms with Gasteiger partial charge < -0.3 is 15.6 Å². The number of aliphatic hydroxyl groups excluding tert-OH is 1. The molecule has 1 aromatic carbocycles. The highest BCUT2D eigenvalue weighted by Gasteiger charge is 2.25. The Morgan fingerprint density at radius 1 is 1.40 bits per heavy atom. The van der Waals surface area contributed by atoms with Crippen molar-refractivity contribution in [2.75, 3.05) is 0 Å². The number of esters is 1. The zero-order chi connectivity index (χ0) is 14.9. The summed E-state index contributed by atoms with van der Waals surface area (Å²) < 4.78 is 5.36. The van der Waals surface area contributed by atoms with Crippen LogP contribution in [-0.2, 0) is 11.2 Å². The van der Waals surface area contributed by atoms with E-state index in [9.17, 15) is 9.90 Å². The van der Waals surface area contributed by atoms with Gasteiger partial charge in [-0.2, -0.15) is 0 Å². The van der Waals surface area contributed by atoms with Crippen LogP contribution >= 0.6 is 0 Å². The highest BCUT2D eigenvalue weighted by molar-refractivity contribution is 5.90. The fraction of sp³-hybridized carbons (Fsp3) is 0.562. The average molecular weight is 277 g/mol. The molecular weight excluding hydrogens is 254 g/mol. The molecule has 20 heavy (non-hydrogen) atoms. The standard InChI is InChI=1S/C16H23NO3/c1-16(2,3)20-15(19)11-8-7-10-5-4-6-13(17)14(18)12(10)9-11/h7-9,13-14,18H,4-6,17H2,1-3H3. The van der Waals surface area contributed by atoms with Crippen LogP contribution in [0.2, 0.25) is 0 Å². The van der Waals surface area contributed by atoms with E-state index >= 15 is 0 Å². The summed E-state index contributed by atoms with van der Waals surface area (Å²) in [6.07, 6.45) is 1.92. The smallest absolute Gasteiger partial charge is 0.338 e. The molecule has 2 unspecified atom stereocenters. The van der Waals surface area contributed by atoms with E-state index in [2.05, 4.69) is 0 Å². The molecule has 4 heteroatoms. The second kappa shape index (κ2) is 5.54. The number of fused-ring (bicyclic) bond motifs is 1. The van der Waals surface area contributed by atoms with Crippen LogP contribution in [0.1, 0.15) is 61.2 Å². The molecule has 0 bridgehead atoms. The lowest BCUT2D eigenvalue weighted by Gasteiger charge is -2.21. The van der Waals surface area contributed by atoms with Gasteiger partial charge in [0.15, 0.2) is 0 Å². The van der Waals surface area contributed by atoms with Crippen molar-refractivity contribution >= 4 is 5.97 Å². The number of hydrogen-bond donors (Lipinski definition) is 2. The minimum Gasteiger partial charge on any atom is -0.456 e. The van der Waals surface area contributed by atoms with Gasteiger partial charge in [0.05, 0.1) is 11.7 Å². The molecule has 1 aliphatic rings. The van der Waals surface area contributed by atoms with Gasteiger partial charge in [-0.1, -0.05) is 6.07 Å². The number of carbonyl (C=O) groups excluding carboxylic acids is 1. The number of aliphatic hydroxyl groups is 1. The minimum atomic E-state index is -0.713. The van der Waals surface area contributed by atoms with Crippen molar-refractivity contribution < 1.29 is 14.6 Å². The van der Waals surface area contributed by atoms with Crippen LogP contribution in [0.25, 0.3) is 0 Å². The van der Waals surface area contributed by atoms with Crippen LogP contribution in [0.4, 0.5) is 0 Å². The van der Waals surface area contributed by atoms with Crippen LogP contribution in [0.3, 0.4) is 0 Å². The second-order valence-corrected chi connectivity index (χ2v) is 6.42. The third-order valence-electron chi connectivity index (χ3n) is 3.49. The van der Waals surface area contributed by atoms with E-state index in [1.165, 1.54) is 0 Å². The van der Waals surface area contributed by atoms with Crippen molar-refractivity contribution in [1.82, 2.24) is 0 Å². The van der Waals surface area contributed by atoms with Gasteiger partial charge in [-0.15, -0.1) is 0 Å². The Hall–Kier alpha value is -1.39. The first kappa shape index (κ1) is 15.0. The molecule has 2 rings (SSSR count). The van der Waals surface area contributed by atoms with Crippen molar-refractivity contribution in [3.63, 3.8) is 0 Å². The zero-order valence-corrected chi connectivity index (χ0v) is 12.3. The third-order valence-corrected chi connectivity index (χ3v) is 3.49. The van der Waals surface area contributed by atoms with Crippen molar-refractivity contribution in [2.24, 2.45) is 5.73 Å². The molecule has 0 fully saturated rings. The summed E-state index contributed by atoms with van der Waals surface area (Å²) in [6, 6.07) is 5.11. The largest absolute Gasteiger partial charge is 0.456 e. The predicted molar refractivity (Wildman–Crippen MR) is 77.5 cm³/mol. The minimum absolute atomic E-state index is 0.273. The third kappa shape index (κ3) is 3.38. The number of aryl methyl sites for hydroxylation is 1. The number of carbonyl (C=O) groups is 1. The van der Waals surface area contributed by atoms with Crippen LogP contribution in [-0.4, -0.2) is 22.7 Å². The lowest BCUT2D eigenvalue weighted by Crippen LogP contribution is -2.28. The lowest BCUT2D eigenvalue weighted by atomic mass is 9.97. The molecule has 0 aromatic heterocycles. The summed E-state index contributed by atoms with van der Waals surface area (Å²) in [7, 11) is 0. The van der Waals surface area contributed by atoms with E-state index in [0.29, 0.717) is 5.56 Å². The molecule has 0 saturated carbocycles. The first-order valence-electron chi connectivity index (χ1n) is 7.08. The Morgan fingerprint density at radius 2 is 2.10 bits per heavy atom. The Morgan fingerprint density at radius 3 is 2.75 bits per heavy atom. The van der Waals surface area contributed by atoms with E-state index in [1.54, 1.807) is 12.1 Å². The van der Waals surface area contributed by atoms with Crippen molar-refractivity contribution in [3.8, 4) is 0 Å². The number of benzene rings is 1. The quantitative estimate of drug-likeness (QED) is 0.610. The van der Waals surface area contributed by atoms with E-state index in [1.807, 2.05) is 26.8 Å². The summed E-state index contributed by atoms with van der Waals surface area (Å²) in [5.74, 6) is -0.370. The normalized spacial score (nSPS) is 22.9. The molecule has 0 spiro atoms. The fourth-order valence-corrected chi connectivity index (χ4v) is 2.48. The van der Waals surface area contributed by atoms with Crippen LogP contribution in [0, 0.1) is 0 Å². The molecule has 110 valence electrons. The van der Waals surface area contributed by atoms with Crippen molar-refractivity contribution in [1.29, 1.82) is 0 Å². The van der Waals surface area contributed by atoms with Gasteiger partial charge in [0.1, 0.15) is 5.60 Å². The first-order valence-corrected chi connectivity index (χ1v) is 7.08. The summed E-state index contributed by atoms with van der Waals surface area (Å²) in [5, 5.41) is 10.3. The summed E-state index contributed by atoms with van der Waals surface area (Å²) in [4.78, 5) is 12.1. The Kier molecular flexibility index (Phi) is 4.16. The molecule has 1 aliphatic carbocycles. The maximum atomic E-state index is 12.1. The van der Waals surface area contributed by atoms with Gasteiger partial charge in [-0.3, -0.25) is 0 Å². The number of ether oxygens (including phenoxy) is 1. The lowest BCUT2D eigenvalue weighted by molar-refractivity contribution is 0.00692. The molecule has 3 N–H and O–H groups in total. The van der Waals surface area contributed by atoms with E-state index in [4.69, 9.17) is 10.5 Å². The van der Waals surface area contributed by atoms with Crippen LogP contribution in [0.5, 0.6) is 0 Å². The zero-order valence-electron chi connectivity index (χ0n) is 12.3. The van der Waals surface area contributed by atoms with Crippen LogP contribution in [0.15, 0.2) is 18.2 Å². The highest BCUT2D eigenvalue weighted by atomic mass is 16.6.